The maximum Gasteiger partial charge on any atom is 0.160 e. The standard InChI is InChI=1S/C13H18N6/c1-3-19(9-11-6-4-5-10(2)16-11)13-8-15-7-12(17-13)18-14/h4-8H,3,9,14H2,1-2H3,(H,17,18). The van der Waals surface area contributed by atoms with Gasteiger partial charge in [0.2, 0.25) is 0 Å². The van der Waals surface area contributed by atoms with Gasteiger partial charge in [0.15, 0.2) is 5.82 Å². The molecule has 0 saturated carbocycles. The van der Waals surface area contributed by atoms with E-state index < -0.39 is 0 Å². The molecular weight excluding hydrogens is 240 g/mol. The summed E-state index contributed by atoms with van der Waals surface area (Å²) in [7, 11) is 0. The van der Waals surface area contributed by atoms with Crippen LogP contribution < -0.4 is 16.2 Å². The Balaban J connectivity index is 2.19. The number of anilines is 2. The highest BCUT2D eigenvalue weighted by atomic mass is 15.3. The van der Waals surface area contributed by atoms with Crippen LogP contribution in [0.3, 0.4) is 0 Å². The molecular formula is C13H18N6. The third kappa shape index (κ3) is 3.38. The molecule has 2 aromatic rings. The fourth-order valence-electron chi connectivity index (χ4n) is 1.82. The summed E-state index contributed by atoms with van der Waals surface area (Å²) in [5.41, 5.74) is 4.52. The van der Waals surface area contributed by atoms with Crippen LogP contribution in [0.1, 0.15) is 18.3 Å². The number of hydrogen-bond donors (Lipinski definition) is 2. The maximum absolute atomic E-state index is 5.35. The topological polar surface area (TPSA) is 80.0 Å². The number of nitrogens with zero attached hydrogens (tertiary/aromatic N) is 4. The molecule has 0 saturated heterocycles. The van der Waals surface area contributed by atoms with Gasteiger partial charge in [-0.05, 0) is 26.0 Å². The normalized spacial score (nSPS) is 10.3. The molecule has 0 radical (unpaired) electrons. The van der Waals surface area contributed by atoms with Crippen molar-refractivity contribution in [1.82, 2.24) is 15.0 Å². The van der Waals surface area contributed by atoms with E-state index in [0.29, 0.717) is 12.4 Å². The summed E-state index contributed by atoms with van der Waals surface area (Å²) >= 11 is 0. The van der Waals surface area contributed by atoms with Crippen molar-refractivity contribution in [3.8, 4) is 0 Å². The van der Waals surface area contributed by atoms with Crippen LogP contribution in [0.4, 0.5) is 11.6 Å². The lowest BCUT2D eigenvalue weighted by Crippen LogP contribution is -2.24. The molecule has 6 heteroatoms. The predicted molar refractivity (Wildman–Crippen MR) is 75.5 cm³/mol. The molecule has 3 N–H and O–H groups in total. The zero-order valence-electron chi connectivity index (χ0n) is 11.2. The second kappa shape index (κ2) is 6.10. The number of hydrazine groups is 1. The molecule has 0 spiro atoms. The van der Waals surface area contributed by atoms with Gasteiger partial charge >= 0.3 is 0 Å². The van der Waals surface area contributed by atoms with Crippen LogP contribution in [-0.4, -0.2) is 21.5 Å². The number of aryl methyl sites for hydroxylation is 1. The van der Waals surface area contributed by atoms with Crippen molar-refractivity contribution in [2.45, 2.75) is 20.4 Å². The molecule has 0 aliphatic rings. The van der Waals surface area contributed by atoms with E-state index >= 15 is 0 Å². The monoisotopic (exact) mass is 258 g/mol. The minimum atomic E-state index is 0.549. The molecule has 0 unspecified atom stereocenters. The molecule has 0 aliphatic carbocycles. The zero-order chi connectivity index (χ0) is 13.7. The largest absolute Gasteiger partial charge is 0.350 e. The first-order valence-electron chi connectivity index (χ1n) is 6.19. The SMILES string of the molecule is CCN(Cc1cccc(C)n1)c1cncc(NN)n1. The molecule has 0 atom stereocenters. The number of hydrogen-bond acceptors (Lipinski definition) is 6. The number of pyridine rings is 1. The highest BCUT2D eigenvalue weighted by molar-refractivity contribution is 5.43. The van der Waals surface area contributed by atoms with E-state index in [0.717, 1.165) is 23.8 Å². The van der Waals surface area contributed by atoms with E-state index in [1.54, 1.807) is 12.4 Å². The van der Waals surface area contributed by atoms with Gasteiger partial charge in [-0.3, -0.25) is 9.97 Å². The quantitative estimate of drug-likeness (QED) is 0.625. The lowest BCUT2D eigenvalue weighted by atomic mass is 10.3. The molecule has 0 bridgehead atoms. The van der Waals surface area contributed by atoms with Gasteiger partial charge in [-0.1, -0.05) is 6.07 Å². The molecule has 6 nitrogen and oxygen atoms in total. The van der Waals surface area contributed by atoms with E-state index in [2.05, 4.69) is 32.2 Å². The predicted octanol–water partition coefficient (Wildman–Crippen LogP) is 1.49. The van der Waals surface area contributed by atoms with E-state index in [1.807, 2.05) is 25.1 Å². The lowest BCUT2D eigenvalue weighted by Gasteiger charge is -2.21. The second-order valence-corrected chi connectivity index (χ2v) is 4.19. The fourth-order valence-corrected chi connectivity index (χ4v) is 1.82. The summed E-state index contributed by atoms with van der Waals surface area (Å²) in [5.74, 6) is 6.68. The summed E-state index contributed by atoms with van der Waals surface area (Å²) in [4.78, 5) is 15.1. The Kier molecular flexibility index (Phi) is 4.25. The molecule has 19 heavy (non-hydrogen) atoms. The Labute approximate surface area is 112 Å². The van der Waals surface area contributed by atoms with E-state index in [1.165, 1.54) is 0 Å². The molecule has 2 aromatic heterocycles. The van der Waals surface area contributed by atoms with Crippen LogP contribution in [0.5, 0.6) is 0 Å². The van der Waals surface area contributed by atoms with Gasteiger partial charge in [0.1, 0.15) is 5.82 Å². The molecule has 2 rings (SSSR count). The number of nitrogen functional groups attached to an aromatic ring is 1. The second-order valence-electron chi connectivity index (χ2n) is 4.19. The van der Waals surface area contributed by atoms with Crippen LogP contribution in [0.2, 0.25) is 0 Å². The van der Waals surface area contributed by atoms with Crippen LogP contribution >= 0.6 is 0 Å². The number of nitrogens with one attached hydrogen (secondary N) is 1. The van der Waals surface area contributed by atoms with E-state index in [9.17, 15) is 0 Å². The van der Waals surface area contributed by atoms with Gasteiger partial charge in [-0.25, -0.2) is 10.8 Å². The highest BCUT2D eigenvalue weighted by Gasteiger charge is 2.09. The van der Waals surface area contributed by atoms with Gasteiger partial charge in [0.05, 0.1) is 24.6 Å². The van der Waals surface area contributed by atoms with Gasteiger partial charge in [-0.15, -0.1) is 0 Å². The lowest BCUT2D eigenvalue weighted by molar-refractivity contribution is 0.787. The number of nitrogens with two attached hydrogens (primary N) is 1. The van der Waals surface area contributed by atoms with E-state index in [4.69, 9.17) is 5.84 Å². The smallest absolute Gasteiger partial charge is 0.160 e. The van der Waals surface area contributed by atoms with E-state index in [-0.39, 0.29) is 0 Å². The first-order valence-corrected chi connectivity index (χ1v) is 6.19. The van der Waals surface area contributed by atoms with Crippen LogP contribution in [-0.2, 0) is 6.54 Å². The summed E-state index contributed by atoms with van der Waals surface area (Å²) in [5, 5.41) is 0. The van der Waals surface area contributed by atoms with Crippen molar-refractivity contribution in [2.75, 3.05) is 16.9 Å². The highest BCUT2D eigenvalue weighted by Crippen LogP contribution is 2.14. The Morgan fingerprint density at radius 3 is 2.79 bits per heavy atom. The molecule has 0 aromatic carbocycles. The minimum Gasteiger partial charge on any atom is -0.350 e. The summed E-state index contributed by atoms with van der Waals surface area (Å²) in [6.45, 7) is 5.57. The molecule has 100 valence electrons. The summed E-state index contributed by atoms with van der Waals surface area (Å²) in [6.07, 6.45) is 3.31. The van der Waals surface area contributed by atoms with Gasteiger partial charge < -0.3 is 10.3 Å². The Morgan fingerprint density at radius 1 is 1.26 bits per heavy atom. The fraction of sp³-hybridized carbons (Fsp3) is 0.308. The Hall–Kier alpha value is -2.21. The number of rotatable bonds is 5. The Bertz CT molecular complexity index is 542. The minimum absolute atomic E-state index is 0.549. The first kappa shape index (κ1) is 13.2. The van der Waals surface area contributed by atoms with Crippen molar-refractivity contribution in [3.05, 3.63) is 42.0 Å². The van der Waals surface area contributed by atoms with Crippen molar-refractivity contribution < 1.29 is 0 Å². The van der Waals surface area contributed by atoms with Crippen molar-refractivity contribution >= 4 is 11.6 Å². The van der Waals surface area contributed by atoms with Gasteiger partial charge in [0.25, 0.3) is 0 Å². The first-order chi connectivity index (χ1) is 9.22. The average Bonchev–Trinajstić information content (AvgIpc) is 2.45. The molecule has 0 amide bonds. The van der Waals surface area contributed by atoms with Crippen LogP contribution in [0, 0.1) is 6.92 Å². The third-order valence-corrected chi connectivity index (χ3v) is 2.77. The average molecular weight is 258 g/mol. The summed E-state index contributed by atoms with van der Waals surface area (Å²) in [6, 6.07) is 6.00. The van der Waals surface area contributed by atoms with Crippen LogP contribution in [0.15, 0.2) is 30.6 Å². The third-order valence-electron chi connectivity index (χ3n) is 2.77. The zero-order valence-corrected chi connectivity index (χ0v) is 11.2. The summed E-state index contributed by atoms with van der Waals surface area (Å²) < 4.78 is 0. The van der Waals surface area contributed by atoms with Gasteiger partial charge in [0, 0.05) is 12.2 Å². The van der Waals surface area contributed by atoms with Gasteiger partial charge in [-0.2, -0.15) is 0 Å². The molecule has 0 fully saturated rings. The molecule has 2 heterocycles. The van der Waals surface area contributed by atoms with Crippen molar-refractivity contribution in [1.29, 1.82) is 0 Å². The number of aromatic nitrogens is 3. The molecule has 0 aliphatic heterocycles. The van der Waals surface area contributed by atoms with Crippen molar-refractivity contribution in [2.24, 2.45) is 5.84 Å². The van der Waals surface area contributed by atoms with Crippen molar-refractivity contribution in [3.63, 3.8) is 0 Å². The maximum atomic E-state index is 5.35. The van der Waals surface area contributed by atoms with Crippen LogP contribution in [0.25, 0.3) is 0 Å². The Morgan fingerprint density at radius 2 is 2.11 bits per heavy atom.